The lowest BCUT2D eigenvalue weighted by Crippen LogP contribution is -2.41. The van der Waals surface area contributed by atoms with Crippen LogP contribution in [0.15, 0.2) is 0 Å². The molecule has 1 saturated carbocycles. The summed E-state index contributed by atoms with van der Waals surface area (Å²) in [5.41, 5.74) is 0. The molecule has 1 amide bonds. The van der Waals surface area contributed by atoms with E-state index >= 15 is 0 Å². The van der Waals surface area contributed by atoms with Gasteiger partial charge >= 0.3 is 5.97 Å². The summed E-state index contributed by atoms with van der Waals surface area (Å²) in [4.78, 5) is 24.9. The fourth-order valence-corrected chi connectivity index (χ4v) is 2.50. The van der Waals surface area contributed by atoms with Crippen molar-refractivity contribution in [3.8, 4) is 0 Å². The van der Waals surface area contributed by atoms with Crippen molar-refractivity contribution >= 4 is 11.9 Å². The fraction of sp³-hybridized carbons (Fsp3) is 0.846. The Kier molecular flexibility index (Phi) is 5.59. The number of aliphatic hydroxyl groups excluding tert-OH is 1. The summed E-state index contributed by atoms with van der Waals surface area (Å²) in [6.45, 7) is 2.15. The zero-order chi connectivity index (χ0) is 13.7. The second-order valence-corrected chi connectivity index (χ2v) is 5.23. The van der Waals surface area contributed by atoms with Gasteiger partial charge < -0.3 is 15.1 Å². The topological polar surface area (TPSA) is 77.8 Å². The van der Waals surface area contributed by atoms with Crippen LogP contribution < -0.4 is 0 Å². The Morgan fingerprint density at radius 1 is 1.28 bits per heavy atom. The van der Waals surface area contributed by atoms with E-state index in [1.807, 2.05) is 0 Å². The number of hydrogen-bond acceptors (Lipinski definition) is 3. The molecule has 2 N–H and O–H groups in total. The Bertz CT molecular complexity index is 303. The first-order chi connectivity index (χ1) is 8.43. The maximum absolute atomic E-state index is 12.2. The van der Waals surface area contributed by atoms with Crippen molar-refractivity contribution in [2.75, 3.05) is 13.6 Å². The molecule has 1 fully saturated rings. The van der Waals surface area contributed by atoms with E-state index in [2.05, 4.69) is 0 Å². The van der Waals surface area contributed by atoms with E-state index in [9.17, 15) is 14.7 Å². The highest BCUT2D eigenvalue weighted by molar-refractivity contribution is 5.84. The summed E-state index contributed by atoms with van der Waals surface area (Å²) in [6, 6.07) is 0. The number of carbonyl (C=O) groups excluding carboxylic acids is 1. The lowest BCUT2D eigenvalue weighted by atomic mass is 9.78. The predicted octanol–water partition coefficient (Wildman–Crippen LogP) is 1.11. The van der Waals surface area contributed by atoms with Crippen molar-refractivity contribution in [3.63, 3.8) is 0 Å². The van der Waals surface area contributed by atoms with E-state index in [-0.39, 0.29) is 5.91 Å². The Hall–Kier alpha value is -1.10. The van der Waals surface area contributed by atoms with E-state index < -0.39 is 23.9 Å². The molecule has 1 rings (SSSR count). The third kappa shape index (κ3) is 3.98. The Balaban J connectivity index is 2.59. The van der Waals surface area contributed by atoms with Crippen molar-refractivity contribution in [1.82, 2.24) is 4.90 Å². The number of nitrogens with zero attached hydrogens (tertiary/aromatic N) is 1. The Morgan fingerprint density at radius 3 is 2.33 bits per heavy atom. The predicted molar refractivity (Wildman–Crippen MR) is 67.0 cm³/mol. The first-order valence-corrected chi connectivity index (χ1v) is 6.59. The van der Waals surface area contributed by atoms with E-state index in [1.165, 1.54) is 0 Å². The number of carbonyl (C=O) groups is 2. The second kappa shape index (κ2) is 6.73. The summed E-state index contributed by atoms with van der Waals surface area (Å²) in [5.74, 6) is -1.89. The molecule has 3 atom stereocenters. The molecule has 0 heterocycles. The molecule has 5 nitrogen and oxygen atoms in total. The molecule has 0 radical (unpaired) electrons. The van der Waals surface area contributed by atoms with Gasteiger partial charge in [-0.15, -0.1) is 0 Å². The minimum Gasteiger partial charge on any atom is -0.481 e. The lowest BCUT2D eigenvalue weighted by Gasteiger charge is -2.31. The number of carboxylic acids is 1. The smallest absolute Gasteiger partial charge is 0.307 e. The Labute approximate surface area is 108 Å². The van der Waals surface area contributed by atoms with Gasteiger partial charge in [0.15, 0.2) is 0 Å². The van der Waals surface area contributed by atoms with Crippen molar-refractivity contribution < 1.29 is 19.8 Å². The van der Waals surface area contributed by atoms with Gasteiger partial charge in [0.25, 0.3) is 0 Å². The van der Waals surface area contributed by atoms with Gasteiger partial charge in [0.05, 0.1) is 17.9 Å². The average molecular weight is 257 g/mol. The zero-order valence-corrected chi connectivity index (χ0v) is 11.1. The van der Waals surface area contributed by atoms with Crippen LogP contribution in [0, 0.1) is 11.8 Å². The molecule has 1 aliphatic carbocycles. The number of aliphatic carboxylic acids is 1. The Morgan fingerprint density at radius 2 is 1.83 bits per heavy atom. The van der Waals surface area contributed by atoms with Gasteiger partial charge in [-0.3, -0.25) is 9.59 Å². The molecule has 3 unspecified atom stereocenters. The van der Waals surface area contributed by atoms with Crippen LogP contribution >= 0.6 is 0 Å². The number of amides is 1. The van der Waals surface area contributed by atoms with Crippen molar-refractivity contribution in [2.45, 2.75) is 45.1 Å². The molecular weight excluding hydrogens is 234 g/mol. The summed E-state index contributed by atoms with van der Waals surface area (Å²) < 4.78 is 0. The number of carboxylic acid groups (broad SMARTS) is 1. The maximum atomic E-state index is 12.2. The third-order valence-corrected chi connectivity index (χ3v) is 3.66. The van der Waals surface area contributed by atoms with Crippen LogP contribution in [0.5, 0.6) is 0 Å². The number of rotatable bonds is 5. The van der Waals surface area contributed by atoms with Gasteiger partial charge in [-0.2, -0.15) is 0 Å². The number of aliphatic hydroxyl groups is 1. The van der Waals surface area contributed by atoms with Crippen LogP contribution in [-0.2, 0) is 9.59 Å². The molecule has 0 aliphatic heterocycles. The standard InChI is InChI=1S/C13H23NO4/c1-9(15)7-8-14(2)12(16)10-5-3-4-6-11(10)13(17)18/h9-11,15H,3-8H2,1-2H3,(H,17,18). The highest BCUT2D eigenvalue weighted by Gasteiger charge is 2.36. The van der Waals surface area contributed by atoms with Gasteiger partial charge in [-0.1, -0.05) is 12.8 Å². The fourth-order valence-electron chi connectivity index (χ4n) is 2.50. The molecule has 0 aromatic rings. The summed E-state index contributed by atoms with van der Waals surface area (Å²) in [7, 11) is 1.68. The normalized spacial score (nSPS) is 25.5. The molecule has 0 saturated heterocycles. The molecule has 0 bridgehead atoms. The monoisotopic (exact) mass is 257 g/mol. The van der Waals surface area contributed by atoms with Crippen LogP contribution in [-0.4, -0.2) is 46.7 Å². The van der Waals surface area contributed by atoms with Crippen LogP contribution in [0.3, 0.4) is 0 Å². The zero-order valence-electron chi connectivity index (χ0n) is 11.1. The third-order valence-electron chi connectivity index (χ3n) is 3.66. The minimum atomic E-state index is -0.864. The highest BCUT2D eigenvalue weighted by atomic mass is 16.4. The van der Waals surface area contributed by atoms with Crippen LogP contribution in [0.1, 0.15) is 39.0 Å². The van der Waals surface area contributed by atoms with E-state index in [1.54, 1.807) is 18.9 Å². The minimum absolute atomic E-state index is 0.0947. The SMILES string of the molecule is CC(O)CCN(C)C(=O)C1CCCCC1C(=O)O. The van der Waals surface area contributed by atoms with Gasteiger partial charge in [-0.05, 0) is 26.2 Å². The van der Waals surface area contributed by atoms with Gasteiger partial charge in [0, 0.05) is 13.6 Å². The molecule has 104 valence electrons. The summed E-state index contributed by atoms with van der Waals surface area (Å²) in [5, 5.41) is 18.3. The maximum Gasteiger partial charge on any atom is 0.307 e. The average Bonchev–Trinajstić information content (AvgIpc) is 2.34. The molecular formula is C13H23NO4. The summed E-state index contributed by atoms with van der Waals surface area (Å²) in [6.07, 6.45) is 3.14. The van der Waals surface area contributed by atoms with E-state index in [0.717, 1.165) is 12.8 Å². The highest BCUT2D eigenvalue weighted by Crippen LogP contribution is 2.31. The lowest BCUT2D eigenvalue weighted by molar-refractivity contribution is -0.151. The second-order valence-electron chi connectivity index (χ2n) is 5.23. The molecule has 1 aliphatic rings. The molecule has 0 aromatic carbocycles. The first kappa shape index (κ1) is 15.0. The van der Waals surface area contributed by atoms with Crippen LogP contribution in [0.4, 0.5) is 0 Å². The van der Waals surface area contributed by atoms with Gasteiger partial charge in [0.2, 0.25) is 5.91 Å². The quantitative estimate of drug-likeness (QED) is 0.773. The largest absolute Gasteiger partial charge is 0.481 e. The summed E-state index contributed by atoms with van der Waals surface area (Å²) >= 11 is 0. The van der Waals surface area contributed by atoms with Gasteiger partial charge in [0.1, 0.15) is 0 Å². The van der Waals surface area contributed by atoms with Crippen molar-refractivity contribution in [3.05, 3.63) is 0 Å². The van der Waals surface area contributed by atoms with E-state index in [0.29, 0.717) is 25.8 Å². The van der Waals surface area contributed by atoms with Crippen LogP contribution in [0.2, 0.25) is 0 Å². The van der Waals surface area contributed by atoms with Crippen molar-refractivity contribution in [1.29, 1.82) is 0 Å². The first-order valence-electron chi connectivity index (χ1n) is 6.59. The molecule has 0 aromatic heterocycles. The molecule has 0 spiro atoms. The van der Waals surface area contributed by atoms with E-state index in [4.69, 9.17) is 5.11 Å². The molecule has 5 heteroatoms. The van der Waals surface area contributed by atoms with Gasteiger partial charge in [-0.25, -0.2) is 0 Å². The van der Waals surface area contributed by atoms with Crippen molar-refractivity contribution in [2.24, 2.45) is 11.8 Å². The number of hydrogen-bond donors (Lipinski definition) is 2. The molecule has 18 heavy (non-hydrogen) atoms. The van der Waals surface area contributed by atoms with Crippen LogP contribution in [0.25, 0.3) is 0 Å².